The monoisotopic (exact) mass is 283 g/mol. The summed E-state index contributed by atoms with van der Waals surface area (Å²) < 4.78 is 4.91. The highest BCUT2D eigenvalue weighted by molar-refractivity contribution is 5.77. The Morgan fingerprint density at radius 1 is 1.25 bits per heavy atom. The van der Waals surface area contributed by atoms with E-state index in [1.165, 1.54) is 7.11 Å². The van der Waals surface area contributed by atoms with Crippen molar-refractivity contribution in [3.8, 4) is 6.01 Å². The minimum Gasteiger partial charge on any atom is -0.467 e. The smallest absolute Gasteiger partial charge is 0.322 e. The Morgan fingerprint density at radius 3 is 2.45 bits per heavy atom. The maximum Gasteiger partial charge on any atom is 0.322 e. The molecule has 9 nitrogen and oxygen atoms in total. The molecule has 0 atom stereocenters. The first kappa shape index (κ1) is 15.9. The Hall–Kier alpha value is -2.16. The van der Waals surface area contributed by atoms with E-state index in [9.17, 15) is 4.79 Å². The van der Waals surface area contributed by atoms with Gasteiger partial charge in [-0.15, -0.1) is 0 Å². The van der Waals surface area contributed by atoms with Crippen LogP contribution in [0.1, 0.15) is 27.2 Å². The number of amides is 1. The molecule has 0 saturated heterocycles. The fourth-order valence-electron chi connectivity index (χ4n) is 1.36. The van der Waals surface area contributed by atoms with E-state index >= 15 is 0 Å². The highest BCUT2D eigenvalue weighted by Crippen LogP contribution is 2.09. The second-order valence-electron chi connectivity index (χ2n) is 5.09. The molecule has 9 heteroatoms. The number of nitrogens with two attached hydrogens (primary N) is 1. The van der Waals surface area contributed by atoms with Gasteiger partial charge >= 0.3 is 6.01 Å². The third kappa shape index (κ3) is 5.65. The minimum absolute atomic E-state index is 0.0526. The van der Waals surface area contributed by atoms with Gasteiger partial charge in [0.15, 0.2) is 0 Å². The third-order valence-corrected chi connectivity index (χ3v) is 2.08. The Labute approximate surface area is 117 Å². The highest BCUT2D eigenvalue weighted by atomic mass is 16.5. The van der Waals surface area contributed by atoms with E-state index in [0.717, 1.165) is 0 Å². The number of nitrogen functional groups attached to an aromatic ring is 1. The van der Waals surface area contributed by atoms with E-state index < -0.39 is 0 Å². The summed E-state index contributed by atoms with van der Waals surface area (Å²) in [6.45, 7) is 6.16. The summed E-state index contributed by atoms with van der Waals surface area (Å²) in [6, 6.07) is 0.134. The van der Waals surface area contributed by atoms with E-state index in [4.69, 9.17) is 10.6 Å². The van der Waals surface area contributed by atoms with Crippen molar-refractivity contribution in [3.05, 3.63) is 0 Å². The number of hydrazine groups is 1. The summed E-state index contributed by atoms with van der Waals surface area (Å²) in [5, 5.41) is 5.77. The fourth-order valence-corrected chi connectivity index (χ4v) is 1.36. The molecule has 5 N–H and O–H groups in total. The maximum atomic E-state index is 11.6. The molecular formula is C11H21N7O2. The van der Waals surface area contributed by atoms with Crippen LogP contribution < -0.4 is 26.6 Å². The van der Waals surface area contributed by atoms with Crippen molar-refractivity contribution in [2.75, 3.05) is 24.4 Å². The summed E-state index contributed by atoms with van der Waals surface area (Å²) >= 11 is 0. The molecule has 1 heterocycles. The molecule has 0 radical (unpaired) electrons. The van der Waals surface area contributed by atoms with E-state index in [1.807, 2.05) is 20.8 Å². The molecule has 0 aliphatic carbocycles. The predicted octanol–water partition coefficient (Wildman–Crippen LogP) is -0.118. The van der Waals surface area contributed by atoms with E-state index in [1.54, 1.807) is 0 Å². The van der Waals surface area contributed by atoms with Gasteiger partial charge in [-0.3, -0.25) is 10.2 Å². The largest absolute Gasteiger partial charge is 0.467 e. The van der Waals surface area contributed by atoms with Crippen LogP contribution in [-0.4, -0.2) is 40.1 Å². The van der Waals surface area contributed by atoms with Crippen LogP contribution in [0.5, 0.6) is 6.01 Å². The number of nitrogens with zero attached hydrogens (tertiary/aromatic N) is 3. The fraction of sp³-hybridized carbons (Fsp3) is 0.636. The van der Waals surface area contributed by atoms with Gasteiger partial charge in [-0.1, -0.05) is 0 Å². The Morgan fingerprint density at radius 2 is 1.90 bits per heavy atom. The number of carbonyl (C=O) groups is 1. The molecule has 1 aromatic heterocycles. The minimum atomic E-state index is -0.246. The highest BCUT2D eigenvalue weighted by Gasteiger charge is 2.13. The van der Waals surface area contributed by atoms with E-state index in [2.05, 4.69) is 31.0 Å². The van der Waals surface area contributed by atoms with Gasteiger partial charge < -0.3 is 15.4 Å². The van der Waals surface area contributed by atoms with Crippen LogP contribution in [0.2, 0.25) is 0 Å². The van der Waals surface area contributed by atoms with Gasteiger partial charge in [-0.05, 0) is 20.8 Å². The van der Waals surface area contributed by atoms with Gasteiger partial charge in [0.25, 0.3) is 0 Å². The van der Waals surface area contributed by atoms with Crippen LogP contribution in [0.3, 0.4) is 0 Å². The Kier molecular flexibility index (Phi) is 5.44. The lowest BCUT2D eigenvalue weighted by Gasteiger charge is -2.20. The SMILES string of the molecule is COc1nc(NN)nc(NCCC(=O)NC(C)(C)C)n1. The molecule has 0 aliphatic heterocycles. The van der Waals surface area contributed by atoms with Crippen LogP contribution in [0.4, 0.5) is 11.9 Å². The molecule has 1 aromatic rings. The van der Waals surface area contributed by atoms with Crippen LogP contribution in [-0.2, 0) is 4.79 Å². The summed E-state index contributed by atoms with van der Waals surface area (Å²) in [6.07, 6.45) is 0.302. The second kappa shape index (κ2) is 6.85. The van der Waals surface area contributed by atoms with Crippen LogP contribution in [0.15, 0.2) is 0 Å². The molecule has 0 saturated carbocycles. The van der Waals surface area contributed by atoms with Gasteiger partial charge in [0.1, 0.15) is 0 Å². The zero-order valence-electron chi connectivity index (χ0n) is 12.1. The molecule has 0 fully saturated rings. The number of hydrogen-bond donors (Lipinski definition) is 4. The number of methoxy groups -OCH3 is 1. The standard InChI is InChI=1S/C11H21N7O2/c1-11(2,3)17-7(19)5-6-13-8-14-9(18-12)16-10(15-8)20-4/h5-6,12H2,1-4H3,(H,17,19)(H2,13,14,15,16,18). The van der Waals surface area contributed by atoms with Crippen molar-refractivity contribution in [3.63, 3.8) is 0 Å². The number of aromatic nitrogens is 3. The molecule has 0 spiro atoms. The average Bonchev–Trinajstić information content (AvgIpc) is 2.36. The molecular weight excluding hydrogens is 262 g/mol. The van der Waals surface area contributed by atoms with Gasteiger partial charge in [0.05, 0.1) is 7.11 Å². The zero-order valence-corrected chi connectivity index (χ0v) is 12.1. The Bertz CT molecular complexity index is 436. The maximum absolute atomic E-state index is 11.6. The van der Waals surface area contributed by atoms with Gasteiger partial charge in [-0.2, -0.15) is 15.0 Å². The van der Waals surface area contributed by atoms with Gasteiger partial charge in [0, 0.05) is 18.5 Å². The van der Waals surface area contributed by atoms with E-state index in [-0.39, 0.29) is 29.4 Å². The number of ether oxygens (including phenoxy) is 1. The molecule has 0 unspecified atom stereocenters. The number of carbonyl (C=O) groups excluding carboxylic acids is 1. The molecule has 20 heavy (non-hydrogen) atoms. The molecule has 112 valence electrons. The third-order valence-electron chi connectivity index (χ3n) is 2.08. The lowest BCUT2D eigenvalue weighted by atomic mass is 10.1. The summed E-state index contributed by atoms with van der Waals surface area (Å²) in [4.78, 5) is 23.5. The van der Waals surface area contributed by atoms with Gasteiger partial charge in [0.2, 0.25) is 17.8 Å². The molecule has 1 rings (SSSR count). The number of anilines is 2. The van der Waals surface area contributed by atoms with Crippen LogP contribution >= 0.6 is 0 Å². The quantitative estimate of drug-likeness (QED) is 0.420. The molecule has 0 bridgehead atoms. The van der Waals surface area contributed by atoms with Crippen molar-refractivity contribution in [2.24, 2.45) is 5.84 Å². The lowest BCUT2D eigenvalue weighted by Crippen LogP contribution is -2.41. The van der Waals surface area contributed by atoms with Gasteiger partial charge in [-0.25, -0.2) is 5.84 Å². The number of nitrogens with one attached hydrogen (secondary N) is 3. The summed E-state index contributed by atoms with van der Waals surface area (Å²) in [5.41, 5.74) is 2.06. The Balaban J connectivity index is 2.51. The van der Waals surface area contributed by atoms with Crippen molar-refractivity contribution in [2.45, 2.75) is 32.7 Å². The topological polar surface area (TPSA) is 127 Å². The van der Waals surface area contributed by atoms with Crippen LogP contribution in [0.25, 0.3) is 0 Å². The molecule has 1 amide bonds. The average molecular weight is 283 g/mol. The van der Waals surface area contributed by atoms with Crippen molar-refractivity contribution >= 4 is 17.8 Å². The summed E-state index contributed by atoms with van der Waals surface area (Å²) in [5.74, 6) is 5.65. The van der Waals surface area contributed by atoms with E-state index in [0.29, 0.717) is 13.0 Å². The van der Waals surface area contributed by atoms with Crippen molar-refractivity contribution in [1.29, 1.82) is 0 Å². The summed E-state index contributed by atoms with van der Waals surface area (Å²) in [7, 11) is 1.44. The lowest BCUT2D eigenvalue weighted by molar-refractivity contribution is -0.122. The normalized spacial score (nSPS) is 10.8. The first-order valence-corrected chi connectivity index (χ1v) is 6.15. The predicted molar refractivity (Wildman–Crippen MR) is 75.2 cm³/mol. The van der Waals surface area contributed by atoms with Crippen LogP contribution in [0, 0.1) is 0 Å². The number of hydrogen-bond acceptors (Lipinski definition) is 8. The molecule has 0 aliphatic rings. The second-order valence-corrected chi connectivity index (χ2v) is 5.09. The zero-order chi connectivity index (χ0) is 15.2. The first-order valence-electron chi connectivity index (χ1n) is 6.15. The molecule has 0 aromatic carbocycles. The van der Waals surface area contributed by atoms with Crippen molar-refractivity contribution in [1.82, 2.24) is 20.3 Å². The first-order chi connectivity index (χ1) is 9.34. The van der Waals surface area contributed by atoms with Crippen molar-refractivity contribution < 1.29 is 9.53 Å². The number of rotatable bonds is 6.